The van der Waals surface area contributed by atoms with Gasteiger partial charge in [-0.15, -0.1) is 11.6 Å². The number of carbonyl (C=O) groups is 3. The summed E-state index contributed by atoms with van der Waals surface area (Å²) in [6.07, 6.45) is -5.85. The van der Waals surface area contributed by atoms with Gasteiger partial charge >= 0.3 is 5.97 Å². The molecular formula is C28H29ClO11. The van der Waals surface area contributed by atoms with Crippen molar-refractivity contribution in [1.29, 1.82) is 0 Å². The number of esters is 1. The lowest BCUT2D eigenvalue weighted by atomic mass is 9.70. The molecule has 5 rings (SSSR count). The standard InChI is InChI=1S/C28H29ClO11/c1-4-28(37)9-15(32)18-21(27(28)40-16-8-13(29)26(10(2)38-16)39-11(3)30)25(36)19-20(24(18)35)23(34)17-12(22(19)33)6-5-7-14(17)31/h5-7,10,13,15-16,26-27,31-32,35-37H,4,8-9H2,1-3H3/t10-,13-,15-,16-,26-,27+,28+/m0/s1. The number of phenols is 3. The summed E-state index contributed by atoms with van der Waals surface area (Å²) in [5.41, 5.74) is -3.98. The van der Waals surface area contributed by atoms with Crippen LogP contribution >= 0.6 is 11.6 Å². The van der Waals surface area contributed by atoms with E-state index in [-0.39, 0.29) is 41.5 Å². The summed E-state index contributed by atoms with van der Waals surface area (Å²) in [6, 6.07) is 3.88. The Bertz CT molecular complexity index is 1410. The van der Waals surface area contributed by atoms with Crippen LogP contribution in [0.25, 0.3) is 0 Å². The van der Waals surface area contributed by atoms with E-state index in [1.54, 1.807) is 13.8 Å². The average Bonchev–Trinajstić information content (AvgIpc) is 2.88. The van der Waals surface area contributed by atoms with Crippen LogP contribution in [0.1, 0.15) is 95.2 Å². The van der Waals surface area contributed by atoms with Crippen molar-refractivity contribution in [3.63, 3.8) is 0 Å². The van der Waals surface area contributed by atoms with E-state index in [1.165, 1.54) is 25.1 Å². The van der Waals surface area contributed by atoms with Gasteiger partial charge < -0.3 is 39.7 Å². The van der Waals surface area contributed by atoms with Crippen LogP contribution in [0.15, 0.2) is 18.2 Å². The summed E-state index contributed by atoms with van der Waals surface area (Å²) in [6.45, 7) is 4.49. The molecule has 3 aliphatic rings. The highest BCUT2D eigenvalue weighted by Gasteiger charge is 2.52. The molecule has 1 fully saturated rings. The summed E-state index contributed by atoms with van der Waals surface area (Å²) in [7, 11) is 0. The second-order valence-corrected chi connectivity index (χ2v) is 11.0. The second kappa shape index (κ2) is 10.0. The van der Waals surface area contributed by atoms with Crippen LogP contribution in [0.3, 0.4) is 0 Å². The van der Waals surface area contributed by atoms with Gasteiger partial charge in [0.1, 0.15) is 29.5 Å². The average molecular weight is 577 g/mol. The zero-order valence-corrected chi connectivity index (χ0v) is 22.6. The largest absolute Gasteiger partial charge is 0.507 e. The molecule has 2 aliphatic carbocycles. The monoisotopic (exact) mass is 576 g/mol. The first-order valence-corrected chi connectivity index (χ1v) is 13.3. The zero-order chi connectivity index (χ0) is 29.3. The number of ether oxygens (including phenoxy) is 3. The summed E-state index contributed by atoms with van der Waals surface area (Å²) in [5.74, 6) is -4.30. The molecule has 2 aromatic carbocycles. The first-order chi connectivity index (χ1) is 18.8. The van der Waals surface area contributed by atoms with E-state index >= 15 is 0 Å². The SMILES string of the molecule is CC[C@@]1(O)C[C@H](O)c2c(O)c3c(c(O)c2[C@H]1O[C@H]1C[C@H](Cl)[C@@H](OC(C)=O)[C@H](C)O1)C(=O)c1cccc(O)c1C3=O. The third-order valence-corrected chi connectivity index (χ3v) is 8.35. The molecule has 5 N–H and O–H groups in total. The van der Waals surface area contributed by atoms with Gasteiger partial charge in [-0.3, -0.25) is 14.4 Å². The quantitative estimate of drug-likeness (QED) is 0.175. The van der Waals surface area contributed by atoms with Crippen LogP contribution in [0.5, 0.6) is 17.2 Å². The highest BCUT2D eigenvalue weighted by atomic mass is 35.5. The summed E-state index contributed by atoms with van der Waals surface area (Å²) >= 11 is 6.48. The number of ketones is 2. The molecule has 7 atom stereocenters. The highest BCUT2D eigenvalue weighted by molar-refractivity contribution is 6.31. The third-order valence-electron chi connectivity index (χ3n) is 7.93. The fraction of sp³-hybridized carbons (Fsp3) is 0.464. The number of aromatic hydroxyl groups is 3. The van der Waals surface area contributed by atoms with Crippen LogP contribution in [-0.4, -0.2) is 72.5 Å². The van der Waals surface area contributed by atoms with Gasteiger partial charge in [0.15, 0.2) is 12.1 Å². The van der Waals surface area contributed by atoms with Gasteiger partial charge in [-0.25, -0.2) is 0 Å². The van der Waals surface area contributed by atoms with E-state index in [4.69, 9.17) is 25.8 Å². The molecule has 40 heavy (non-hydrogen) atoms. The fourth-order valence-corrected chi connectivity index (χ4v) is 6.36. The molecule has 11 nitrogen and oxygen atoms in total. The van der Waals surface area contributed by atoms with E-state index in [1.807, 2.05) is 0 Å². The minimum atomic E-state index is -1.80. The number of benzene rings is 2. The Morgan fingerprint density at radius 2 is 1.75 bits per heavy atom. The van der Waals surface area contributed by atoms with E-state index in [0.717, 1.165) is 0 Å². The number of halogens is 1. The third kappa shape index (κ3) is 4.24. The Balaban J connectivity index is 1.63. The zero-order valence-electron chi connectivity index (χ0n) is 21.9. The molecule has 0 radical (unpaired) electrons. The molecule has 0 saturated carbocycles. The predicted octanol–water partition coefficient (Wildman–Crippen LogP) is 2.89. The minimum Gasteiger partial charge on any atom is -0.507 e. The number of carbonyl (C=O) groups excluding carboxylic acids is 3. The maximum Gasteiger partial charge on any atom is 0.303 e. The Morgan fingerprint density at radius 3 is 2.38 bits per heavy atom. The van der Waals surface area contributed by atoms with Crippen LogP contribution in [0, 0.1) is 0 Å². The Labute approximate surface area is 233 Å². The molecular weight excluding hydrogens is 548 g/mol. The van der Waals surface area contributed by atoms with Crippen LogP contribution in [0.2, 0.25) is 0 Å². The molecule has 1 saturated heterocycles. The normalized spacial score (nSPS) is 31.2. The number of rotatable bonds is 4. The first-order valence-electron chi connectivity index (χ1n) is 12.9. The smallest absolute Gasteiger partial charge is 0.303 e. The van der Waals surface area contributed by atoms with Gasteiger partial charge in [0.25, 0.3) is 0 Å². The molecule has 0 bridgehead atoms. The van der Waals surface area contributed by atoms with Crippen LogP contribution in [-0.2, 0) is 19.0 Å². The van der Waals surface area contributed by atoms with Gasteiger partial charge in [0.2, 0.25) is 5.78 Å². The van der Waals surface area contributed by atoms with Crippen LogP contribution < -0.4 is 0 Å². The van der Waals surface area contributed by atoms with Crippen molar-refractivity contribution in [1.82, 2.24) is 0 Å². The molecule has 0 unspecified atom stereocenters. The summed E-state index contributed by atoms with van der Waals surface area (Å²) in [5, 5.41) is 55.0. The number of hydrogen-bond acceptors (Lipinski definition) is 11. The van der Waals surface area contributed by atoms with Gasteiger partial charge in [-0.05, 0) is 19.4 Å². The van der Waals surface area contributed by atoms with E-state index in [2.05, 4.69) is 0 Å². The van der Waals surface area contributed by atoms with Gasteiger partial charge in [-0.1, -0.05) is 19.1 Å². The van der Waals surface area contributed by atoms with Gasteiger partial charge in [0, 0.05) is 36.5 Å². The summed E-state index contributed by atoms with van der Waals surface area (Å²) in [4.78, 5) is 38.4. The summed E-state index contributed by atoms with van der Waals surface area (Å²) < 4.78 is 17.3. The Kier molecular flexibility index (Phi) is 7.08. The van der Waals surface area contributed by atoms with Gasteiger partial charge in [-0.2, -0.15) is 0 Å². The molecule has 214 valence electrons. The second-order valence-electron chi connectivity index (χ2n) is 10.4. The number of alkyl halides is 1. The van der Waals surface area contributed by atoms with Crippen molar-refractivity contribution in [2.75, 3.05) is 0 Å². The molecule has 0 amide bonds. The lowest BCUT2D eigenvalue weighted by Gasteiger charge is -2.46. The van der Waals surface area contributed by atoms with Crippen molar-refractivity contribution in [3.05, 3.63) is 51.6 Å². The molecule has 1 aliphatic heterocycles. The van der Waals surface area contributed by atoms with E-state index in [0.29, 0.717) is 0 Å². The van der Waals surface area contributed by atoms with Crippen molar-refractivity contribution in [3.8, 4) is 17.2 Å². The number of fused-ring (bicyclic) bond motifs is 3. The lowest BCUT2D eigenvalue weighted by Crippen LogP contribution is -2.50. The maximum atomic E-state index is 13.5. The lowest BCUT2D eigenvalue weighted by molar-refractivity contribution is -0.269. The predicted molar refractivity (Wildman–Crippen MR) is 138 cm³/mol. The van der Waals surface area contributed by atoms with Crippen LogP contribution in [0.4, 0.5) is 0 Å². The molecule has 12 heteroatoms. The maximum absolute atomic E-state index is 13.5. The van der Waals surface area contributed by atoms with Crippen molar-refractivity contribution < 1.29 is 54.1 Å². The molecule has 2 aromatic rings. The highest BCUT2D eigenvalue weighted by Crippen LogP contribution is 2.56. The Hall–Kier alpha value is -3.22. The number of aliphatic hydroxyl groups excluding tert-OH is 1. The van der Waals surface area contributed by atoms with Crippen molar-refractivity contribution in [2.24, 2.45) is 0 Å². The number of aliphatic hydroxyl groups is 2. The van der Waals surface area contributed by atoms with E-state index in [9.17, 15) is 39.9 Å². The Morgan fingerprint density at radius 1 is 1.10 bits per heavy atom. The topological polar surface area (TPSA) is 180 Å². The van der Waals surface area contributed by atoms with Crippen molar-refractivity contribution >= 4 is 29.1 Å². The van der Waals surface area contributed by atoms with E-state index < -0.39 is 87.6 Å². The van der Waals surface area contributed by atoms with Crippen molar-refractivity contribution in [2.45, 2.75) is 81.7 Å². The van der Waals surface area contributed by atoms with Gasteiger partial charge in [0.05, 0.1) is 39.9 Å². The minimum absolute atomic E-state index is 0.0137. The number of hydrogen-bond donors (Lipinski definition) is 5. The fourth-order valence-electron chi connectivity index (χ4n) is 5.96. The molecule has 0 aromatic heterocycles. The number of phenolic OH excluding ortho intramolecular Hbond substituents is 3. The first kappa shape index (κ1) is 28.3. The molecule has 0 spiro atoms. The molecule has 1 heterocycles.